The Morgan fingerprint density at radius 2 is 1.90 bits per heavy atom. The van der Waals surface area contributed by atoms with Gasteiger partial charge in [-0.05, 0) is 62.2 Å². The minimum absolute atomic E-state index is 0.509. The first kappa shape index (κ1) is 15.1. The third kappa shape index (κ3) is 3.49. The van der Waals surface area contributed by atoms with Crippen molar-refractivity contribution in [3.63, 3.8) is 0 Å². The Labute approximate surface area is 129 Å². The van der Waals surface area contributed by atoms with Gasteiger partial charge in [0.2, 0.25) is 0 Å². The Kier molecular flexibility index (Phi) is 4.37. The van der Waals surface area contributed by atoms with Crippen LogP contribution in [0.2, 0.25) is 0 Å². The summed E-state index contributed by atoms with van der Waals surface area (Å²) in [7, 11) is 2.32. The Morgan fingerprint density at radius 3 is 2.67 bits per heavy atom. The number of hydrogen-bond acceptors (Lipinski definition) is 2. The molecule has 1 aliphatic carbocycles. The standard InChI is InChI=1S/C19H30N2/c1-19(2)11-8-16(9-12-19)21(3)14-18-17-7-5-4-6-15(17)10-13-20-18/h4-7,16,18,20H,8-14H2,1-3H3. The quantitative estimate of drug-likeness (QED) is 0.910. The zero-order valence-corrected chi connectivity index (χ0v) is 13.9. The van der Waals surface area contributed by atoms with E-state index in [0.717, 1.165) is 19.1 Å². The van der Waals surface area contributed by atoms with E-state index < -0.39 is 0 Å². The van der Waals surface area contributed by atoms with Crippen LogP contribution in [0.1, 0.15) is 56.7 Å². The molecule has 1 aromatic carbocycles. The van der Waals surface area contributed by atoms with Gasteiger partial charge in [-0.1, -0.05) is 38.1 Å². The molecule has 1 N–H and O–H groups in total. The van der Waals surface area contributed by atoms with Crippen molar-refractivity contribution >= 4 is 0 Å². The molecule has 0 saturated heterocycles. The molecule has 1 fully saturated rings. The molecule has 0 aromatic heterocycles. The Morgan fingerprint density at radius 1 is 1.19 bits per heavy atom. The molecule has 1 aliphatic heterocycles. The molecule has 21 heavy (non-hydrogen) atoms. The highest BCUT2D eigenvalue weighted by Crippen LogP contribution is 2.37. The number of rotatable bonds is 3. The van der Waals surface area contributed by atoms with Crippen LogP contribution in [0.15, 0.2) is 24.3 Å². The van der Waals surface area contributed by atoms with Crippen molar-refractivity contribution in [2.75, 3.05) is 20.1 Å². The fourth-order valence-electron chi connectivity index (χ4n) is 4.02. The molecule has 3 rings (SSSR count). The van der Waals surface area contributed by atoms with E-state index in [9.17, 15) is 0 Å². The zero-order valence-electron chi connectivity index (χ0n) is 13.9. The van der Waals surface area contributed by atoms with Gasteiger partial charge in [-0.15, -0.1) is 0 Å². The highest BCUT2D eigenvalue weighted by molar-refractivity contribution is 5.32. The third-order valence-electron chi connectivity index (χ3n) is 5.62. The second-order valence-corrected chi connectivity index (χ2v) is 7.79. The van der Waals surface area contributed by atoms with Crippen molar-refractivity contribution in [2.24, 2.45) is 5.41 Å². The minimum atomic E-state index is 0.509. The average Bonchev–Trinajstić information content (AvgIpc) is 2.47. The van der Waals surface area contributed by atoms with Gasteiger partial charge in [0.1, 0.15) is 0 Å². The summed E-state index contributed by atoms with van der Waals surface area (Å²) in [6, 6.07) is 10.2. The van der Waals surface area contributed by atoms with Gasteiger partial charge in [-0.2, -0.15) is 0 Å². The van der Waals surface area contributed by atoms with Gasteiger partial charge in [0, 0.05) is 18.6 Å². The zero-order chi connectivity index (χ0) is 14.9. The average molecular weight is 286 g/mol. The molecular formula is C19H30N2. The van der Waals surface area contributed by atoms with Crippen LogP contribution in [0.3, 0.4) is 0 Å². The maximum atomic E-state index is 3.72. The van der Waals surface area contributed by atoms with Gasteiger partial charge >= 0.3 is 0 Å². The Hall–Kier alpha value is -0.860. The maximum Gasteiger partial charge on any atom is 0.0452 e. The number of nitrogens with zero attached hydrogens (tertiary/aromatic N) is 1. The largest absolute Gasteiger partial charge is 0.309 e. The molecule has 2 heteroatoms. The van der Waals surface area contributed by atoms with Crippen LogP contribution in [0.25, 0.3) is 0 Å². The molecule has 1 unspecified atom stereocenters. The molecule has 1 saturated carbocycles. The summed E-state index contributed by atoms with van der Waals surface area (Å²) in [6.07, 6.45) is 6.64. The number of benzene rings is 1. The second-order valence-electron chi connectivity index (χ2n) is 7.79. The van der Waals surface area contributed by atoms with Gasteiger partial charge in [0.15, 0.2) is 0 Å². The monoisotopic (exact) mass is 286 g/mol. The first-order valence-corrected chi connectivity index (χ1v) is 8.57. The van der Waals surface area contributed by atoms with E-state index in [-0.39, 0.29) is 0 Å². The van der Waals surface area contributed by atoms with Crippen LogP contribution in [0, 0.1) is 5.41 Å². The molecule has 0 spiro atoms. The predicted octanol–water partition coefficient (Wildman–Crippen LogP) is 3.77. The summed E-state index contributed by atoms with van der Waals surface area (Å²) in [6.45, 7) is 7.10. The predicted molar refractivity (Wildman–Crippen MR) is 89.6 cm³/mol. The lowest BCUT2D eigenvalue weighted by molar-refractivity contribution is 0.118. The van der Waals surface area contributed by atoms with Crippen LogP contribution in [0.5, 0.6) is 0 Å². The SMILES string of the molecule is CN(CC1NCCc2ccccc21)C1CCC(C)(C)CC1. The number of nitrogens with one attached hydrogen (secondary N) is 1. The van der Waals surface area contributed by atoms with Gasteiger partial charge < -0.3 is 10.2 Å². The second kappa shape index (κ2) is 6.10. The fourth-order valence-corrected chi connectivity index (χ4v) is 4.02. The van der Waals surface area contributed by atoms with Gasteiger partial charge in [-0.3, -0.25) is 0 Å². The molecule has 0 amide bonds. The highest BCUT2D eigenvalue weighted by atomic mass is 15.2. The van der Waals surface area contributed by atoms with Crippen molar-refractivity contribution in [1.82, 2.24) is 10.2 Å². The minimum Gasteiger partial charge on any atom is -0.309 e. The number of likely N-dealkylation sites (N-methyl/N-ethyl adjacent to an activating group) is 1. The fraction of sp³-hybridized carbons (Fsp3) is 0.684. The summed E-state index contributed by atoms with van der Waals surface area (Å²) >= 11 is 0. The third-order valence-corrected chi connectivity index (χ3v) is 5.62. The van der Waals surface area contributed by atoms with Crippen molar-refractivity contribution in [1.29, 1.82) is 0 Å². The first-order valence-electron chi connectivity index (χ1n) is 8.57. The van der Waals surface area contributed by atoms with Crippen molar-refractivity contribution in [3.8, 4) is 0 Å². The normalized spacial score (nSPS) is 25.8. The Bertz CT molecular complexity index is 470. The summed E-state index contributed by atoms with van der Waals surface area (Å²) in [5.74, 6) is 0. The van der Waals surface area contributed by atoms with E-state index in [1.165, 1.54) is 37.7 Å². The molecule has 0 radical (unpaired) electrons. The van der Waals surface area contributed by atoms with Gasteiger partial charge in [-0.25, -0.2) is 0 Å². The first-order chi connectivity index (χ1) is 10.1. The lowest BCUT2D eigenvalue weighted by Crippen LogP contribution is -2.43. The molecule has 116 valence electrons. The highest BCUT2D eigenvalue weighted by Gasteiger charge is 2.30. The molecule has 2 nitrogen and oxygen atoms in total. The summed E-state index contributed by atoms with van der Waals surface area (Å²) in [4.78, 5) is 2.61. The van der Waals surface area contributed by atoms with Crippen molar-refractivity contribution in [2.45, 2.75) is 58.0 Å². The molecule has 1 aromatic rings. The maximum absolute atomic E-state index is 3.72. The van der Waals surface area contributed by atoms with E-state index in [2.05, 4.69) is 55.4 Å². The number of hydrogen-bond donors (Lipinski definition) is 1. The Balaban J connectivity index is 1.62. The lowest BCUT2D eigenvalue weighted by atomic mass is 9.75. The van der Waals surface area contributed by atoms with Crippen LogP contribution in [-0.2, 0) is 6.42 Å². The van der Waals surface area contributed by atoms with E-state index in [1.54, 1.807) is 5.56 Å². The van der Waals surface area contributed by atoms with Crippen molar-refractivity contribution < 1.29 is 0 Å². The van der Waals surface area contributed by atoms with Gasteiger partial charge in [0.25, 0.3) is 0 Å². The summed E-state index contributed by atoms with van der Waals surface area (Å²) in [5.41, 5.74) is 3.62. The van der Waals surface area contributed by atoms with Crippen LogP contribution < -0.4 is 5.32 Å². The van der Waals surface area contributed by atoms with Crippen LogP contribution >= 0.6 is 0 Å². The molecule has 2 aliphatic rings. The van der Waals surface area contributed by atoms with E-state index in [1.807, 2.05) is 0 Å². The molecule has 0 bridgehead atoms. The van der Waals surface area contributed by atoms with E-state index in [0.29, 0.717) is 11.5 Å². The smallest absolute Gasteiger partial charge is 0.0452 e. The van der Waals surface area contributed by atoms with Crippen molar-refractivity contribution in [3.05, 3.63) is 35.4 Å². The van der Waals surface area contributed by atoms with Crippen LogP contribution in [0.4, 0.5) is 0 Å². The summed E-state index contributed by atoms with van der Waals surface area (Å²) < 4.78 is 0. The topological polar surface area (TPSA) is 15.3 Å². The van der Waals surface area contributed by atoms with Crippen LogP contribution in [-0.4, -0.2) is 31.1 Å². The van der Waals surface area contributed by atoms with E-state index in [4.69, 9.17) is 0 Å². The molecular weight excluding hydrogens is 256 g/mol. The van der Waals surface area contributed by atoms with E-state index >= 15 is 0 Å². The van der Waals surface area contributed by atoms with Gasteiger partial charge in [0.05, 0.1) is 0 Å². The molecule has 1 heterocycles. The lowest BCUT2D eigenvalue weighted by Gasteiger charge is -2.40. The molecule has 1 atom stereocenters. The summed E-state index contributed by atoms with van der Waals surface area (Å²) in [5, 5.41) is 3.72. The number of fused-ring (bicyclic) bond motifs is 1.